The number of benzene rings is 1. The molecule has 0 saturated carbocycles. The van der Waals surface area contributed by atoms with Crippen LogP contribution in [0.3, 0.4) is 0 Å². The van der Waals surface area contributed by atoms with Crippen LogP contribution in [0.4, 0.5) is 14.5 Å². The Balaban J connectivity index is 3.52. The second-order valence-electron chi connectivity index (χ2n) is 2.02. The summed E-state index contributed by atoms with van der Waals surface area (Å²) in [5, 5.41) is 0. The molecule has 0 unspecified atom stereocenters. The van der Waals surface area contributed by atoms with Gasteiger partial charge >= 0.3 is 0 Å². The Morgan fingerprint density at radius 1 is 1.38 bits per heavy atom. The van der Waals surface area contributed by atoms with Crippen molar-refractivity contribution in [2.75, 3.05) is 0 Å². The van der Waals surface area contributed by atoms with E-state index in [1.807, 2.05) is 0 Å². The minimum absolute atomic E-state index is 0.0195. The van der Waals surface area contributed by atoms with Gasteiger partial charge in [0, 0.05) is 4.47 Å². The highest BCUT2D eigenvalue weighted by Gasteiger charge is 2.14. The Morgan fingerprint density at radius 2 is 2.00 bits per heavy atom. The molecule has 0 aliphatic carbocycles. The van der Waals surface area contributed by atoms with E-state index in [-0.39, 0.29) is 14.6 Å². The number of hydrogen-bond acceptors (Lipinski definition) is 2. The summed E-state index contributed by atoms with van der Waals surface area (Å²) in [5.74, 6) is -2.11. The van der Waals surface area contributed by atoms with Crippen LogP contribution >= 0.6 is 31.9 Å². The van der Waals surface area contributed by atoms with Gasteiger partial charge in [-0.15, -0.1) is 0 Å². The van der Waals surface area contributed by atoms with Crippen LogP contribution in [0.5, 0.6) is 0 Å². The molecule has 0 fully saturated rings. The summed E-state index contributed by atoms with van der Waals surface area (Å²) in [4.78, 5) is 13.1. The summed E-state index contributed by atoms with van der Waals surface area (Å²) in [7, 11) is 0. The SMILES string of the molecule is O=C=Nc1c(Br)cc(F)c(F)c1Br. The van der Waals surface area contributed by atoms with Crippen LogP contribution in [-0.2, 0) is 4.79 Å². The van der Waals surface area contributed by atoms with Gasteiger partial charge in [-0.1, -0.05) is 0 Å². The van der Waals surface area contributed by atoms with Gasteiger partial charge < -0.3 is 0 Å². The van der Waals surface area contributed by atoms with Crippen molar-refractivity contribution in [2.24, 2.45) is 4.99 Å². The van der Waals surface area contributed by atoms with E-state index in [1.54, 1.807) is 0 Å². The van der Waals surface area contributed by atoms with Crippen LogP contribution in [0, 0.1) is 11.6 Å². The molecule has 0 aromatic heterocycles. The highest BCUT2D eigenvalue weighted by Crippen LogP contribution is 2.36. The molecule has 0 N–H and O–H groups in total. The van der Waals surface area contributed by atoms with Crippen molar-refractivity contribution in [2.45, 2.75) is 0 Å². The van der Waals surface area contributed by atoms with Gasteiger partial charge in [0.05, 0.1) is 4.47 Å². The van der Waals surface area contributed by atoms with Crippen molar-refractivity contribution < 1.29 is 13.6 Å². The minimum atomic E-state index is -1.09. The minimum Gasteiger partial charge on any atom is -0.211 e. The second-order valence-corrected chi connectivity index (χ2v) is 3.67. The standard InChI is InChI=1S/C7HBr2F2NO/c8-3-1-4(10)6(11)5(9)7(3)12-2-13/h1H. The van der Waals surface area contributed by atoms with E-state index in [2.05, 4.69) is 36.9 Å². The van der Waals surface area contributed by atoms with Gasteiger partial charge in [0.25, 0.3) is 0 Å². The zero-order valence-corrected chi connectivity index (χ0v) is 9.12. The lowest BCUT2D eigenvalue weighted by atomic mass is 10.3. The molecule has 0 amide bonds. The molecule has 0 heterocycles. The Labute approximate surface area is 88.9 Å². The van der Waals surface area contributed by atoms with Crippen molar-refractivity contribution in [3.05, 3.63) is 26.6 Å². The number of nitrogens with zero attached hydrogens (tertiary/aromatic N) is 1. The van der Waals surface area contributed by atoms with Crippen molar-refractivity contribution >= 4 is 43.6 Å². The van der Waals surface area contributed by atoms with E-state index in [0.29, 0.717) is 0 Å². The summed E-state index contributed by atoms with van der Waals surface area (Å²) in [5.41, 5.74) is -0.0195. The van der Waals surface area contributed by atoms with Crippen molar-refractivity contribution in [3.8, 4) is 0 Å². The van der Waals surface area contributed by atoms with Gasteiger partial charge in [0.2, 0.25) is 6.08 Å². The largest absolute Gasteiger partial charge is 0.240 e. The summed E-state index contributed by atoms with van der Waals surface area (Å²) in [6.45, 7) is 0. The fourth-order valence-electron chi connectivity index (χ4n) is 0.705. The molecule has 0 atom stereocenters. The number of rotatable bonds is 1. The molecule has 1 aromatic carbocycles. The van der Waals surface area contributed by atoms with Crippen LogP contribution in [0.25, 0.3) is 0 Å². The Bertz CT molecular complexity index is 402. The number of halogens is 4. The first-order valence-electron chi connectivity index (χ1n) is 2.98. The van der Waals surface area contributed by atoms with Crippen LogP contribution in [-0.4, -0.2) is 6.08 Å². The third kappa shape index (κ3) is 2.02. The van der Waals surface area contributed by atoms with E-state index in [1.165, 1.54) is 6.08 Å². The van der Waals surface area contributed by atoms with E-state index in [9.17, 15) is 13.6 Å². The molecule has 68 valence electrons. The van der Waals surface area contributed by atoms with Crippen molar-refractivity contribution in [3.63, 3.8) is 0 Å². The summed E-state index contributed by atoms with van der Waals surface area (Å²) in [6, 6.07) is 0.885. The van der Waals surface area contributed by atoms with Crippen LogP contribution in [0.15, 0.2) is 20.0 Å². The topological polar surface area (TPSA) is 29.4 Å². The Kier molecular flexibility index (Phi) is 3.30. The molecule has 2 nitrogen and oxygen atoms in total. The predicted octanol–water partition coefficient (Wildman–Crippen LogP) is 3.46. The first kappa shape index (κ1) is 10.5. The lowest BCUT2D eigenvalue weighted by molar-refractivity contribution is 0.504. The molecule has 0 aliphatic rings. The fourth-order valence-corrected chi connectivity index (χ4v) is 1.95. The first-order valence-corrected chi connectivity index (χ1v) is 4.57. The lowest BCUT2D eigenvalue weighted by Crippen LogP contribution is -1.86. The maximum atomic E-state index is 12.9. The van der Waals surface area contributed by atoms with Crippen molar-refractivity contribution in [1.29, 1.82) is 0 Å². The molecule has 0 spiro atoms. The first-order chi connectivity index (χ1) is 6.07. The zero-order chi connectivity index (χ0) is 10.0. The third-order valence-corrected chi connectivity index (χ3v) is 2.58. The van der Waals surface area contributed by atoms with Crippen LogP contribution < -0.4 is 0 Å². The molecule has 13 heavy (non-hydrogen) atoms. The van der Waals surface area contributed by atoms with Gasteiger partial charge in [-0.05, 0) is 37.9 Å². The van der Waals surface area contributed by atoms with Crippen LogP contribution in [0.2, 0.25) is 0 Å². The predicted molar refractivity (Wildman–Crippen MR) is 49.5 cm³/mol. The monoisotopic (exact) mass is 311 g/mol. The Morgan fingerprint density at radius 3 is 2.54 bits per heavy atom. The molecule has 0 aliphatic heterocycles. The number of isocyanates is 1. The molecule has 0 radical (unpaired) electrons. The lowest BCUT2D eigenvalue weighted by Gasteiger charge is -2.01. The number of aliphatic imine (C=N–C) groups is 1. The third-order valence-electron chi connectivity index (χ3n) is 1.25. The van der Waals surface area contributed by atoms with Gasteiger partial charge in [0.15, 0.2) is 11.6 Å². The smallest absolute Gasteiger partial charge is 0.211 e. The van der Waals surface area contributed by atoms with Gasteiger partial charge in [-0.3, -0.25) is 0 Å². The molecule has 0 bridgehead atoms. The number of hydrogen-bond donors (Lipinski definition) is 0. The van der Waals surface area contributed by atoms with Crippen LogP contribution in [0.1, 0.15) is 0 Å². The maximum absolute atomic E-state index is 12.9. The average molecular weight is 313 g/mol. The summed E-state index contributed by atoms with van der Waals surface area (Å²) in [6.07, 6.45) is 1.24. The molecular weight excluding hydrogens is 312 g/mol. The van der Waals surface area contributed by atoms with Gasteiger partial charge in [-0.25, -0.2) is 13.6 Å². The van der Waals surface area contributed by atoms with E-state index < -0.39 is 11.6 Å². The highest BCUT2D eigenvalue weighted by atomic mass is 79.9. The Hall–Kier alpha value is -0.580. The molecule has 6 heteroatoms. The van der Waals surface area contributed by atoms with Crippen molar-refractivity contribution in [1.82, 2.24) is 0 Å². The summed E-state index contributed by atoms with van der Waals surface area (Å²) >= 11 is 5.69. The van der Waals surface area contributed by atoms with E-state index in [4.69, 9.17) is 0 Å². The normalized spacial score (nSPS) is 9.54. The fraction of sp³-hybridized carbons (Fsp3) is 0. The molecule has 1 aromatic rings. The maximum Gasteiger partial charge on any atom is 0.240 e. The number of carbonyl (C=O) groups excluding carboxylic acids is 1. The highest BCUT2D eigenvalue weighted by molar-refractivity contribution is 9.11. The average Bonchev–Trinajstić information content (AvgIpc) is 2.09. The second kappa shape index (κ2) is 4.09. The molecular formula is C7HBr2F2NO. The van der Waals surface area contributed by atoms with E-state index in [0.717, 1.165) is 6.07 Å². The zero-order valence-electron chi connectivity index (χ0n) is 5.94. The van der Waals surface area contributed by atoms with Gasteiger partial charge in [0.1, 0.15) is 5.69 Å². The molecule has 1 rings (SSSR count). The quantitative estimate of drug-likeness (QED) is 0.338. The molecule has 0 saturated heterocycles. The summed E-state index contributed by atoms with van der Waals surface area (Å²) < 4.78 is 25.5. The van der Waals surface area contributed by atoms with E-state index >= 15 is 0 Å². The van der Waals surface area contributed by atoms with Gasteiger partial charge in [-0.2, -0.15) is 4.99 Å².